The number of sulfone groups is 1. The van der Waals surface area contributed by atoms with Crippen LogP contribution in [0.25, 0.3) is 0 Å². The zero-order valence-corrected chi connectivity index (χ0v) is 21.7. The van der Waals surface area contributed by atoms with Crippen LogP contribution in [0.5, 0.6) is 5.75 Å². The first-order valence-corrected chi connectivity index (χ1v) is 13.8. The van der Waals surface area contributed by atoms with Gasteiger partial charge in [-0.05, 0) is 82.7 Å². The van der Waals surface area contributed by atoms with Crippen molar-refractivity contribution in [2.45, 2.75) is 76.2 Å². The topological polar surface area (TPSA) is 90.0 Å². The number of piperidine rings is 1. The molecule has 1 aromatic carbocycles. The summed E-state index contributed by atoms with van der Waals surface area (Å²) in [7, 11) is -3.53. The van der Waals surface area contributed by atoms with Crippen LogP contribution in [-0.2, 0) is 24.2 Å². The van der Waals surface area contributed by atoms with Crippen LogP contribution in [0.4, 0.5) is 4.39 Å². The number of hydrogen-bond donors (Lipinski definition) is 0. The molecule has 1 aliphatic heterocycles. The molecule has 1 aromatic rings. The first-order chi connectivity index (χ1) is 16.4. The summed E-state index contributed by atoms with van der Waals surface area (Å²) < 4.78 is 50.1. The van der Waals surface area contributed by atoms with Crippen molar-refractivity contribution in [2.75, 3.05) is 25.4 Å². The molecule has 7 nitrogen and oxygen atoms in total. The standard InChI is InChI=1S/C26H36FNO6S/c1-25(2,3)34-24(30)12-7-20(16-27)17-33-21-8-10-22(11-9-21)35(31,32)19-26(13-14-26)18-28-15-5-4-6-23(28)29/h8-11,16H,4-7,12-15,17-19H2,1-3H3/b20-16+. The molecule has 0 atom stereocenters. The van der Waals surface area contributed by atoms with E-state index in [1.54, 1.807) is 32.9 Å². The molecular weight excluding hydrogens is 473 g/mol. The predicted molar refractivity (Wildman–Crippen MR) is 130 cm³/mol. The van der Waals surface area contributed by atoms with Crippen LogP contribution in [0.2, 0.25) is 0 Å². The van der Waals surface area contributed by atoms with E-state index < -0.39 is 21.4 Å². The molecule has 35 heavy (non-hydrogen) atoms. The van der Waals surface area contributed by atoms with Crippen molar-refractivity contribution >= 4 is 21.7 Å². The van der Waals surface area contributed by atoms with Gasteiger partial charge in [0.2, 0.25) is 5.91 Å². The predicted octanol–water partition coefficient (Wildman–Crippen LogP) is 4.61. The summed E-state index contributed by atoms with van der Waals surface area (Å²) in [6, 6.07) is 6.08. The molecule has 0 spiro atoms. The third-order valence-electron chi connectivity index (χ3n) is 6.23. The van der Waals surface area contributed by atoms with Crippen molar-refractivity contribution in [3.63, 3.8) is 0 Å². The van der Waals surface area contributed by atoms with Gasteiger partial charge in [0.25, 0.3) is 0 Å². The van der Waals surface area contributed by atoms with Crippen LogP contribution in [0.1, 0.15) is 65.7 Å². The monoisotopic (exact) mass is 509 g/mol. The fourth-order valence-corrected chi connectivity index (χ4v) is 6.08. The Labute approximate surface area is 207 Å². The van der Waals surface area contributed by atoms with Gasteiger partial charge >= 0.3 is 5.97 Å². The van der Waals surface area contributed by atoms with Crippen molar-refractivity contribution in [3.8, 4) is 5.75 Å². The summed E-state index contributed by atoms with van der Waals surface area (Å²) in [5.74, 6) is 0.128. The Morgan fingerprint density at radius 1 is 1.14 bits per heavy atom. The van der Waals surface area contributed by atoms with Gasteiger partial charge in [0.05, 0.1) is 17.0 Å². The van der Waals surface area contributed by atoms with Crippen LogP contribution in [0.15, 0.2) is 41.1 Å². The maximum absolute atomic E-state index is 13.2. The minimum Gasteiger partial charge on any atom is -0.489 e. The Morgan fingerprint density at radius 3 is 2.40 bits per heavy atom. The van der Waals surface area contributed by atoms with E-state index in [1.165, 1.54) is 12.1 Å². The highest BCUT2D eigenvalue weighted by Gasteiger charge is 2.48. The summed E-state index contributed by atoms with van der Waals surface area (Å²) >= 11 is 0. The molecule has 9 heteroatoms. The second kappa shape index (κ2) is 11.1. The molecular formula is C26H36FNO6S. The lowest BCUT2D eigenvalue weighted by Gasteiger charge is -2.30. The summed E-state index contributed by atoms with van der Waals surface area (Å²) in [6.07, 6.45) is 4.66. The number of amides is 1. The average Bonchev–Trinajstić information content (AvgIpc) is 3.52. The smallest absolute Gasteiger partial charge is 0.306 e. The molecule has 1 amide bonds. The molecule has 3 rings (SSSR count). The Hall–Kier alpha value is -2.42. The Bertz CT molecular complexity index is 1040. The van der Waals surface area contributed by atoms with Crippen molar-refractivity contribution in [1.29, 1.82) is 0 Å². The number of nitrogens with zero attached hydrogens (tertiary/aromatic N) is 1. The number of carbonyl (C=O) groups excluding carboxylic acids is 2. The zero-order valence-electron chi connectivity index (χ0n) is 20.8. The highest BCUT2D eigenvalue weighted by molar-refractivity contribution is 7.91. The summed E-state index contributed by atoms with van der Waals surface area (Å²) in [5, 5.41) is 0. The fourth-order valence-electron chi connectivity index (χ4n) is 4.18. The van der Waals surface area contributed by atoms with Crippen LogP contribution in [-0.4, -0.2) is 56.2 Å². The lowest BCUT2D eigenvalue weighted by atomic mass is 10.1. The molecule has 1 saturated carbocycles. The van der Waals surface area contributed by atoms with E-state index >= 15 is 0 Å². The van der Waals surface area contributed by atoms with Crippen molar-refractivity contribution in [1.82, 2.24) is 4.90 Å². The zero-order chi connectivity index (χ0) is 25.7. The van der Waals surface area contributed by atoms with E-state index in [-0.39, 0.29) is 41.4 Å². The Kier molecular flexibility index (Phi) is 8.62. The van der Waals surface area contributed by atoms with Crippen molar-refractivity contribution < 1.29 is 31.9 Å². The second-order valence-corrected chi connectivity index (χ2v) is 12.6. The molecule has 0 aromatic heterocycles. The van der Waals surface area contributed by atoms with Crippen molar-refractivity contribution in [2.24, 2.45) is 5.41 Å². The maximum Gasteiger partial charge on any atom is 0.306 e. The van der Waals surface area contributed by atoms with Gasteiger partial charge < -0.3 is 14.4 Å². The van der Waals surface area contributed by atoms with Gasteiger partial charge in [-0.2, -0.15) is 0 Å². The number of likely N-dealkylation sites (tertiary alicyclic amines) is 1. The maximum atomic E-state index is 13.2. The van der Waals surface area contributed by atoms with Gasteiger partial charge in [0.15, 0.2) is 9.84 Å². The molecule has 0 N–H and O–H groups in total. The van der Waals surface area contributed by atoms with E-state index in [4.69, 9.17) is 9.47 Å². The van der Waals surface area contributed by atoms with Crippen LogP contribution < -0.4 is 4.74 Å². The molecule has 1 aliphatic carbocycles. The lowest BCUT2D eigenvalue weighted by Crippen LogP contribution is -2.41. The van der Waals surface area contributed by atoms with E-state index in [9.17, 15) is 22.4 Å². The highest BCUT2D eigenvalue weighted by Crippen LogP contribution is 2.48. The van der Waals surface area contributed by atoms with Gasteiger partial charge in [-0.3, -0.25) is 9.59 Å². The first-order valence-electron chi connectivity index (χ1n) is 12.1. The Morgan fingerprint density at radius 2 is 1.83 bits per heavy atom. The molecule has 1 heterocycles. The number of rotatable bonds is 11. The molecule has 0 bridgehead atoms. The van der Waals surface area contributed by atoms with Gasteiger partial charge in [-0.25, -0.2) is 12.8 Å². The molecule has 194 valence electrons. The van der Waals surface area contributed by atoms with E-state index in [2.05, 4.69) is 0 Å². The number of carbonyl (C=O) groups is 2. The summed E-state index contributed by atoms with van der Waals surface area (Å²) in [6.45, 7) is 6.46. The third kappa shape index (κ3) is 8.33. The summed E-state index contributed by atoms with van der Waals surface area (Å²) in [4.78, 5) is 26.0. The molecule has 0 unspecified atom stereocenters. The third-order valence-corrected chi connectivity index (χ3v) is 8.22. The number of halogens is 1. The molecule has 0 radical (unpaired) electrons. The van der Waals surface area contributed by atoms with Crippen LogP contribution in [0.3, 0.4) is 0 Å². The Balaban J connectivity index is 1.51. The fraction of sp³-hybridized carbons (Fsp3) is 0.615. The summed E-state index contributed by atoms with van der Waals surface area (Å²) in [5.41, 5.74) is -0.648. The first kappa shape index (κ1) is 27.2. The minimum atomic E-state index is -3.53. The van der Waals surface area contributed by atoms with Crippen LogP contribution >= 0.6 is 0 Å². The number of benzene rings is 1. The highest BCUT2D eigenvalue weighted by atomic mass is 32.2. The van der Waals surface area contributed by atoms with E-state index in [0.29, 0.717) is 37.2 Å². The SMILES string of the molecule is CC(C)(C)OC(=O)CC/C(=C\F)COc1ccc(S(=O)(=O)CC2(CN3CCCCC3=O)CC2)cc1. The van der Waals surface area contributed by atoms with Gasteiger partial charge in [0, 0.05) is 31.3 Å². The number of hydrogen-bond acceptors (Lipinski definition) is 6. The lowest BCUT2D eigenvalue weighted by molar-refractivity contribution is -0.154. The van der Waals surface area contributed by atoms with Crippen LogP contribution in [0, 0.1) is 5.41 Å². The van der Waals surface area contributed by atoms with Gasteiger partial charge in [0.1, 0.15) is 18.0 Å². The normalized spacial score (nSPS) is 18.3. The van der Waals surface area contributed by atoms with Gasteiger partial charge in [-0.1, -0.05) is 0 Å². The van der Waals surface area contributed by atoms with Gasteiger partial charge in [-0.15, -0.1) is 0 Å². The quantitative estimate of drug-likeness (QED) is 0.405. The minimum absolute atomic E-state index is 0.0172. The average molecular weight is 510 g/mol. The van der Waals surface area contributed by atoms with Crippen molar-refractivity contribution in [3.05, 3.63) is 36.2 Å². The largest absolute Gasteiger partial charge is 0.489 e. The molecule has 1 saturated heterocycles. The van der Waals surface area contributed by atoms with E-state index in [1.807, 2.05) is 4.90 Å². The van der Waals surface area contributed by atoms with E-state index in [0.717, 1.165) is 25.7 Å². The molecule has 2 aliphatic rings. The number of esters is 1. The second-order valence-electron chi connectivity index (χ2n) is 10.6. The number of ether oxygens (including phenoxy) is 2. The molecule has 2 fully saturated rings.